The Labute approximate surface area is 113 Å². The zero-order valence-electron chi connectivity index (χ0n) is 11.7. The van der Waals surface area contributed by atoms with Crippen LogP contribution in [0.25, 0.3) is 0 Å². The number of ether oxygens (including phenoxy) is 1. The third-order valence-corrected chi connectivity index (χ3v) is 2.31. The quantitative estimate of drug-likeness (QED) is 0.871. The standard InChI is InChI=1S/C14H20N2O3/c1-14(2,3)19-9-12(17)16-11-8-6-5-7-10(11)13(18)15-4/h5-8H,9H2,1-4H3,(H,15,18)(H,16,17). The van der Waals surface area contributed by atoms with Gasteiger partial charge in [0, 0.05) is 7.05 Å². The minimum atomic E-state index is -0.377. The molecule has 1 rings (SSSR count). The van der Waals surface area contributed by atoms with Gasteiger partial charge in [0.15, 0.2) is 0 Å². The minimum Gasteiger partial charge on any atom is -0.366 e. The van der Waals surface area contributed by atoms with Crippen LogP contribution in [0.1, 0.15) is 31.1 Å². The van der Waals surface area contributed by atoms with Crippen LogP contribution >= 0.6 is 0 Å². The van der Waals surface area contributed by atoms with Crippen molar-refractivity contribution in [3.05, 3.63) is 29.8 Å². The number of benzene rings is 1. The van der Waals surface area contributed by atoms with E-state index in [1.54, 1.807) is 31.3 Å². The van der Waals surface area contributed by atoms with Crippen LogP contribution in [0, 0.1) is 0 Å². The first kappa shape index (κ1) is 15.2. The summed E-state index contributed by atoms with van der Waals surface area (Å²) >= 11 is 0. The summed E-state index contributed by atoms with van der Waals surface area (Å²) in [7, 11) is 1.55. The Morgan fingerprint density at radius 2 is 1.84 bits per heavy atom. The fraction of sp³-hybridized carbons (Fsp3) is 0.429. The van der Waals surface area contributed by atoms with Crippen molar-refractivity contribution < 1.29 is 14.3 Å². The molecule has 0 saturated heterocycles. The van der Waals surface area contributed by atoms with Crippen molar-refractivity contribution in [1.82, 2.24) is 5.32 Å². The summed E-state index contributed by atoms with van der Waals surface area (Å²) in [6, 6.07) is 6.83. The second-order valence-corrected chi connectivity index (χ2v) is 5.07. The van der Waals surface area contributed by atoms with Gasteiger partial charge in [-0.1, -0.05) is 12.1 Å². The third kappa shape index (κ3) is 5.09. The highest BCUT2D eigenvalue weighted by atomic mass is 16.5. The average Bonchev–Trinajstić information content (AvgIpc) is 2.35. The van der Waals surface area contributed by atoms with E-state index in [4.69, 9.17) is 4.74 Å². The molecular formula is C14H20N2O3. The van der Waals surface area contributed by atoms with Gasteiger partial charge in [-0.15, -0.1) is 0 Å². The minimum absolute atomic E-state index is 0.0500. The van der Waals surface area contributed by atoms with E-state index in [9.17, 15) is 9.59 Å². The van der Waals surface area contributed by atoms with Crippen molar-refractivity contribution in [2.24, 2.45) is 0 Å². The number of carbonyl (C=O) groups is 2. The molecule has 0 bridgehead atoms. The van der Waals surface area contributed by atoms with Gasteiger partial charge in [-0.2, -0.15) is 0 Å². The van der Waals surface area contributed by atoms with E-state index in [0.717, 1.165) is 0 Å². The maximum absolute atomic E-state index is 11.8. The number of amides is 2. The maximum Gasteiger partial charge on any atom is 0.253 e. The van der Waals surface area contributed by atoms with Crippen LogP contribution in [0.5, 0.6) is 0 Å². The van der Waals surface area contributed by atoms with E-state index < -0.39 is 0 Å². The number of hydrogen-bond donors (Lipinski definition) is 2. The van der Waals surface area contributed by atoms with Gasteiger partial charge in [0.05, 0.1) is 16.9 Å². The molecule has 0 aromatic heterocycles. The predicted octanol–water partition coefficient (Wildman–Crippen LogP) is 1.80. The lowest BCUT2D eigenvalue weighted by molar-refractivity contribution is -0.125. The first-order valence-corrected chi connectivity index (χ1v) is 6.08. The fourth-order valence-electron chi connectivity index (χ4n) is 1.39. The van der Waals surface area contributed by atoms with Gasteiger partial charge in [-0.05, 0) is 32.9 Å². The summed E-state index contributed by atoms with van der Waals surface area (Å²) in [6.07, 6.45) is 0. The van der Waals surface area contributed by atoms with Crippen molar-refractivity contribution in [3.8, 4) is 0 Å². The molecule has 0 fully saturated rings. The molecule has 2 N–H and O–H groups in total. The van der Waals surface area contributed by atoms with Gasteiger partial charge >= 0.3 is 0 Å². The molecule has 0 saturated carbocycles. The second kappa shape index (κ2) is 6.33. The number of carbonyl (C=O) groups excluding carboxylic acids is 2. The summed E-state index contributed by atoms with van der Waals surface area (Å²) < 4.78 is 5.38. The number of anilines is 1. The van der Waals surface area contributed by atoms with Gasteiger partial charge in [-0.3, -0.25) is 9.59 Å². The summed E-state index contributed by atoms with van der Waals surface area (Å²) in [6.45, 7) is 5.57. The summed E-state index contributed by atoms with van der Waals surface area (Å²) in [5.74, 6) is -0.529. The van der Waals surface area contributed by atoms with Crippen molar-refractivity contribution >= 4 is 17.5 Å². The molecule has 5 nitrogen and oxygen atoms in total. The van der Waals surface area contributed by atoms with Crippen molar-refractivity contribution in [2.75, 3.05) is 19.0 Å². The zero-order valence-corrected chi connectivity index (χ0v) is 11.7. The molecule has 0 spiro atoms. The molecule has 0 aliphatic carbocycles. The lowest BCUT2D eigenvalue weighted by Gasteiger charge is -2.19. The molecule has 0 aliphatic heterocycles. The number of para-hydroxylation sites is 1. The predicted molar refractivity (Wildman–Crippen MR) is 74.2 cm³/mol. The molecule has 0 unspecified atom stereocenters. The first-order valence-electron chi connectivity index (χ1n) is 6.08. The number of nitrogens with one attached hydrogen (secondary N) is 2. The average molecular weight is 264 g/mol. The Kier molecular flexibility index (Phi) is 5.06. The Morgan fingerprint density at radius 3 is 2.42 bits per heavy atom. The fourth-order valence-corrected chi connectivity index (χ4v) is 1.39. The van der Waals surface area contributed by atoms with E-state index in [1.807, 2.05) is 20.8 Å². The molecule has 0 atom stereocenters. The molecule has 0 heterocycles. The van der Waals surface area contributed by atoms with Crippen LogP contribution < -0.4 is 10.6 Å². The highest BCUT2D eigenvalue weighted by Gasteiger charge is 2.15. The maximum atomic E-state index is 11.8. The zero-order chi connectivity index (χ0) is 14.5. The second-order valence-electron chi connectivity index (χ2n) is 5.07. The lowest BCUT2D eigenvalue weighted by Crippen LogP contribution is -2.28. The third-order valence-electron chi connectivity index (χ3n) is 2.31. The van der Waals surface area contributed by atoms with Crippen molar-refractivity contribution in [2.45, 2.75) is 26.4 Å². The Hall–Kier alpha value is -1.88. The normalized spacial score (nSPS) is 10.9. The Balaban J connectivity index is 2.72. The van der Waals surface area contributed by atoms with Crippen LogP contribution in [-0.2, 0) is 9.53 Å². The Morgan fingerprint density at radius 1 is 1.21 bits per heavy atom. The summed E-state index contributed by atoms with van der Waals surface area (Å²) in [5.41, 5.74) is 0.524. The van der Waals surface area contributed by atoms with E-state index in [-0.39, 0.29) is 24.0 Å². The topological polar surface area (TPSA) is 67.4 Å². The summed E-state index contributed by atoms with van der Waals surface area (Å²) in [4.78, 5) is 23.4. The molecule has 5 heteroatoms. The molecule has 104 valence electrons. The van der Waals surface area contributed by atoms with E-state index >= 15 is 0 Å². The smallest absolute Gasteiger partial charge is 0.253 e. The molecule has 0 aliphatic rings. The van der Waals surface area contributed by atoms with Gasteiger partial charge in [0.2, 0.25) is 5.91 Å². The molecular weight excluding hydrogens is 244 g/mol. The van der Waals surface area contributed by atoms with E-state index in [1.165, 1.54) is 0 Å². The number of hydrogen-bond acceptors (Lipinski definition) is 3. The molecule has 0 radical (unpaired) electrons. The van der Waals surface area contributed by atoms with Crippen molar-refractivity contribution in [1.29, 1.82) is 0 Å². The molecule has 1 aromatic carbocycles. The largest absolute Gasteiger partial charge is 0.366 e. The summed E-state index contributed by atoms with van der Waals surface area (Å²) in [5, 5.41) is 5.20. The first-order chi connectivity index (χ1) is 8.83. The number of rotatable bonds is 4. The van der Waals surface area contributed by atoms with Crippen molar-refractivity contribution in [3.63, 3.8) is 0 Å². The van der Waals surface area contributed by atoms with Crippen LogP contribution in [-0.4, -0.2) is 31.1 Å². The van der Waals surface area contributed by atoms with Gasteiger partial charge in [0.1, 0.15) is 6.61 Å². The van der Waals surface area contributed by atoms with Crippen LogP contribution in [0.3, 0.4) is 0 Å². The highest BCUT2D eigenvalue weighted by Crippen LogP contribution is 2.15. The van der Waals surface area contributed by atoms with Gasteiger partial charge in [0.25, 0.3) is 5.91 Å². The highest BCUT2D eigenvalue weighted by molar-refractivity contribution is 6.03. The van der Waals surface area contributed by atoms with E-state index in [0.29, 0.717) is 11.3 Å². The van der Waals surface area contributed by atoms with Gasteiger partial charge in [-0.25, -0.2) is 0 Å². The Bertz CT molecular complexity index is 464. The van der Waals surface area contributed by atoms with Gasteiger partial charge < -0.3 is 15.4 Å². The molecule has 2 amide bonds. The SMILES string of the molecule is CNC(=O)c1ccccc1NC(=O)COC(C)(C)C. The van der Waals surface area contributed by atoms with Crippen LogP contribution in [0.4, 0.5) is 5.69 Å². The molecule has 1 aromatic rings. The molecule has 19 heavy (non-hydrogen) atoms. The lowest BCUT2D eigenvalue weighted by atomic mass is 10.1. The monoisotopic (exact) mass is 264 g/mol. The van der Waals surface area contributed by atoms with Crippen LogP contribution in [0.15, 0.2) is 24.3 Å². The van der Waals surface area contributed by atoms with E-state index in [2.05, 4.69) is 10.6 Å². The van der Waals surface area contributed by atoms with Crippen LogP contribution in [0.2, 0.25) is 0 Å².